The first kappa shape index (κ1) is 11.2. The number of hydrogen-bond donors (Lipinski definition) is 1. The van der Waals surface area contributed by atoms with Crippen LogP contribution in [-0.2, 0) is 0 Å². The average Bonchev–Trinajstić information content (AvgIpc) is 2.24. The minimum absolute atomic E-state index is 0.234. The molecule has 2 rings (SSSR count). The van der Waals surface area contributed by atoms with Gasteiger partial charge in [-0.2, -0.15) is 0 Å². The molecule has 0 radical (unpaired) electrons. The topological polar surface area (TPSA) is 34.1 Å². The molecular formula is C10H12BrClN2O. The maximum Gasteiger partial charge on any atom is 0.232 e. The molecule has 0 unspecified atom stereocenters. The first-order valence-electron chi connectivity index (χ1n) is 4.94. The quantitative estimate of drug-likeness (QED) is 0.909. The molecule has 1 aliphatic rings. The molecule has 1 fully saturated rings. The van der Waals surface area contributed by atoms with Crippen LogP contribution in [0.4, 0.5) is 0 Å². The maximum absolute atomic E-state index is 6.02. The zero-order valence-corrected chi connectivity index (χ0v) is 10.5. The number of hydrogen-bond acceptors (Lipinski definition) is 3. The minimum atomic E-state index is 0.234. The zero-order valence-electron chi connectivity index (χ0n) is 8.17. The van der Waals surface area contributed by atoms with Crippen molar-refractivity contribution in [1.82, 2.24) is 10.3 Å². The van der Waals surface area contributed by atoms with Gasteiger partial charge in [-0.15, -0.1) is 0 Å². The summed E-state index contributed by atoms with van der Waals surface area (Å²) in [7, 11) is 0. The molecule has 0 spiro atoms. The highest BCUT2D eigenvalue weighted by Crippen LogP contribution is 2.26. The highest BCUT2D eigenvalue weighted by atomic mass is 79.9. The van der Waals surface area contributed by atoms with E-state index in [0.717, 1.165) is 30.4 Å². The molecule has 2 heterocycles. The van der Waals surface area contributed by atoms with Crippen LogP contribution in [0.15, 0.2) is 16.7 Å². The van der Waals surface area contributed by atoms with Gasteiger partial charge in [0.25, 0.3) is 0 Å². The lowest BCUT2D eigenvalue weighted by molar-refractivity contribution is 0.156. The number of nitrogens with one attached hydrogen (secondary N) is 1. The number of ether oxygens (including phenoxy) is 1. The molecule has 0 saturated carbocycles. The Morgan fingerprint density at radius 3 is 2.87 bits per heavy atom. The second kappa shape index (κ2) is 5.14. The Morgan fingerprint density at radius 2 is 2.20 bits per heavy atom. The van der Waals surface area contributed by atoms with Crippen LogP contribution >= 0.6 is 27.5 Å². The van der Waals surface area contributed by atoms with E-state index in [1.807, 2.05) is 0 Å². The van der Waals surface area contributed by atoms with E-state index in [4.69, 9.17) is 16.3 Å². The second-order valence-corrected chi connectivity index (χ2v) is 4.83. The molecule has 5 heteroatoms. The molecule has 1 aliphatic heterocycles. The van der Waals surface area contributed by atoms with Gasteiger partial charge < -0.3 is 10.1 Å². The predicted molar refractivity (Wildman–Crippen MR) is 63.5 cm³/mol. The molecule has 1 saturated heterocycles. The first-order chi connectivity index (χ1) is 7.25. The summed E-state index contributed by atoms with van der Waals surface area (Å²) in [6.07, 6.45) is 3.95. The number of piperidine rings is 1. The van der Waals surface area contributed by atoms with Crippen molar-refractivity contribution in [2.45, 2.75) is 18.9 Å². The van der Waals surface area contributed by atoms with Crippen LogP contribution in [0.25, 0.3) is 0 Å². The molecule has 0 amide bonds. The Hall–Kier alpha value is -0.320. The fraction of sp³-hybridized carbons (Fsp3) is 0.500. The molecule has 0 atom stereocenters. The first-order valence-corrected chi connectivity index (χ1v) is 6.11. The summed E-state index contributed by atoms with van der Waals surface area (Å²) in [5.41, 5.74) is 0. The fourth-order valence-corrected chi connectivity index (χ4v) is 2.23. The number of aromatic nitrogens is 1. The summed E-state index contributed by atoms with van der Waals surface area (Å²) < 4.78 is 6.60. The van der Waals surface area contributed by atoms with Crippen LogP contribution in [0.5, 0.6) is 5.88 Å². The third kappa shape index (κ3) is 3.06. The molecule has 1 aromatic heterocycles. The number of rotatable bonds is 2. The Balaban J connectivity index is 2.03. The van der Waals surface area contributed by atoms with E-state index in [-0.39, 0.29) is 6.10 Å². The van der Waals surface area contributed by atoms with Crippen LogP contribution in [0.1, 0.15) is 12.8 Å². The van der Waals surface area contributed by atoms with E-state index in [9.17, 15) is 0 Å². The lowest BCUT2D eigenvalue weighted by Gasteiger charge is -2.23. The van der Waals surface area contributed by atoms with Gasteiger partial charge in [-0.3, -0.25) is 0 Å². The predicted octanol–water partition coefficient (Wildman–Crippen LogP) is 2.63. The summed E-state index contributed by atoms with van der Waals surface area (Å²) in [6.45, 7) is 2.00. The van der Waals surface area contributed by atoms with Gasteiger partial charge in [-0.25, -0.2) is 4.98 Å². The van der Waals surface area contributed by atoms with Crippen LogP contribution in [0.3, 0.4) is 0 Å². The number of nitrogens with zero attached hydrogens (tertiary/aromatic N) is 1. The van der Waals surface area contributed by atoms with E-state index < -0.39 is 0 Å². The van der Waals surface area contributed by atoms with E-state index in [2.05, 4.69) is 26.2 Å². The Bertz CT molecular complexity index is 342. The number of pyridine rings is 1. The summed E-state index contributed by atoms with van der Waals surface area (Å²) >= 11 is 9.32. The van der Waals surface area contributed by atoms with Crippen molar-refractivity contribution in [3.8, 4) is 5.88 Å². The van der Waals surface area contributed by atoms with E-state index in [0.29, 0.717) is 10.9 Å². The van der Waals surface area contributed by atoms with Gasteiger partial charge >= 0.3 is 0 Å². The van der Waals surface area contributed by atoms with Crippen LogP contribution in [0.2, 0.25) is 5.02 Å². The smallest absolute Gasteiger partial charge is 0.232 e. The third-order valence-electron chi connectivity index (χ3n) is 2.34. The summed E-state index contributed by atoms with van der Waals surface area (Å²) in [4.78, 5) is 4.15. The van der Waals surface area contributed by atoms with Crippen molar-refractivity contribution in [3.63, 3.8) is 0 Å². The van der Waals surface area contributed by atoms with E-state index in [1.165, 1.54) is 0 Å². The SMILES string of the molecule is Clc1cc(Br)cnc1OC1CCNCC1. The van der Waals surface area contributed by atoms with Gasteiger partial charge in [0.05, 0.1) is 0 Å². The fourth-order valence-electron chi connectivity index (χ4n) is 1.56. The van der Waals surface area contributed by atoms with Gasteiger partial charge in [0.1, 0.15) is 11.1 Å². The van der Waals surface area contributed by atoms with Gasteiger partial charge in [-0.1, -0.05) is 11.6 Å². The van der Waals surface area contributed by atoms with Crippen LogP contribution in [0, 0.1) is 0 Å². The summed E-state index contributed by atoms with van der Waals surface area (Å²) in [5, 5.41) is 3.84. The zero-order chi connectivity index (χ0) is 10.7. The minimum Gasteiger partial charge on any atom is -0.473 e. The van der Waals surface area contributed by atoms with Crippen molar-refractivity contribution < 1.29 is 4.74 Å². The molecule has 1 aromatic rings. The van der Waals surface area contributed by atoms with Gasteiger partial charge in [0.15, 0.2) is 0 Å². The Labute approximate surface area is 102 Å². The van der Waals surface area contributed by atoms with Crippen LogP contribution in [-0.4, -0.2) is 24.2 Å². The van der Waals surface area contributed by atoms with Crippen molar-refractivity contribution in [3.05, 3.63) is 21.8 Å². The Kier molecular flexibility index (Phi) is 3.83. The largest absolute Gasteiger partial charge is 0.473 e. The van der Waals surface area contributed by atoms with E-state index >= 15 is 0 Å². The second-order valence-electron chi connectivity index (χ2n) is 3.51. The normalized spacial score (nSPS) is 17.7. The standard InChI is InChI=1S/C10H12BrClN2O/c11-7-5-9(12)10(14-6-7)15-8-1-3-13-4-2-8/h5-6,8,13H,1-4H2. The van der Waals surface area contributed by atoms with Gasteiger partial charge in [0, 0.05) is 10.7 Å². The van der Waals surface area contributed by atoms with Crippen molar-refractivity contribution >= 4 is 27.5 Å². The third-order valence-corrected chi connectivity index (χ3v) is 3.04. The van der Waals surface area contributed by atoms with Crippen LogP contribution < -0.4 is 10.1 Å². The van der Waals surface area contributed by atoms with Crippen molar-refractivity contribution in [2.24, 2.45) is 0 Å². The molecule has 82 valence electrons. The monoisotopic (exact) mass is 290 g/mol. The van der Waals surface area contributed by atoms with Gasteiger partial charge in [-0.05, 0) is 47.9 Å². The molecule has 0 aromatic carbocycles. The Morgan fingerprint density at radius 1 is 1.47 bits per heavy atom. The molecule has 15 heavy (non-hydrogen) atoms. The highest BCUT2D eigenvalue weighted by Gasteiger charge is 2.16. The molecule has 0 bridgehead atoms. The molecular weight excluding hydrogens is 279 g/mol. The molecule has 1 N–H and O–H groups in total. The molecule has 0 aliphatic carbocycles. The lowest BCUT2D eigenvalue weighted by Crippen LogP contribution is -2.34. The number of halogens is 2. The summed E-state index contributed by atoms with van der Waals surface area (Å²) in [5.74, 6) is 0.534. The van der Waals surface area contributed by atoms with Crippen molar-refractivity contribution in [2.75, 3.05) is 13.1 Å². The lowest BCUT2D eigenvalue weighted by atomic mass is 10.1. The van der Waals surface area contributed by atoms with Crippen molar-refractivity contribution in [1.29, 1.82) is 0 Å². The van der Waals surface area contributed by atoms with Gasteiger partial charge in [0.2, 0.25) is 5.88 Å². The van der Waals surface area contributed by atoms with E-state index in [1.54, 1.807) is 12.3 Å². The molecule has 3 nitrogen and oxygen atoms in total. The maximum atomic E-state index is 6.02. The summed E-state index contributed by atoms with van der Waals surface area (Å²) in [6, 6.07) is 1.80. The average molecular weight is 292 g/mol. The highest BCUT2D eigenvalue weighted by molar-refractivity contribution is 9.10.